The van der Waals surface area contributed by atoms with Crippen molar-refractivity contribution in [3.63, 3.8) is 0 Å². The van der Waals surface area contributed by atoms with Gasteiger partial charge in [-0.05, 0) is 31.4 Å². The van der Waals surface area contributed by atoms with E-state index in [1.165, 1.54) is 18.4 Å². The van der Waals surface area contributed by atoms with Gasteiger partial charge in [0.05, 0.1) is 29.7 Å². The number of nitrogens with one attached hydrogen (secondary N) is 1. The van der Waals surface area contributed by atoms with Gasteiger partial charge in [-0.2, -0.15) is 10.2 Å². The van der Waals surface area contributed by atoms with E-state index in [-0.39, 0.29) is 5.91 Å². The lowest BCUT2D eigenvalue weighted by molar-refractivity contribution is 0.0607. The number of amides is 1. The highest BCUT2D eigenvalue weighted by molar-refractivity contribution is 7.12. The van der Waals surface area contributed by atoms with Gasteiger partial charge in [0, 0.05) is 0 Å². The van der Waals surface area contributed by atoms with Crippen LogP contribution in [0.5, 0.6) is 0 Å². The molecule has 0 radical (unpaired) electrons. The van der Waals surface area contributed by atoms with Crippen LogP contribution in [0.3, 0.4) is 0 Å². The highest BCUT2D eigenvalue weighted by Gasteiger charge is 2.17. The SMILES string of the molecule is COC(=O)c1sccc1NC(=O)c1cc(C)nnc1C. The summed E-state index contributed by atoms with van der Waals surface area (Å²) in [5.41, 5.74) is 2.04. The number of methoxy groups -OCH3 is 1. The van der Waals surface area contributed by atoms with Crippen LogP contribution < -0.4 is 5.32 Å². The van der Waals surface area contributed by atoms with E-state index in [0.717, 1.165) is 0 Å². The van der Waals surface area contributed by atoms with Crippen LogP contribution >= 0.6 is 11.3 Å². The highest BCUT2D eigenvalue weighted by atomic mass is 32.1. The number of thiophene rings is 1. The van der Waals surface area contributed by atoms with E-state index in [4.69, 9.17) is 0 Å². The number of carbonyl (C=O) groups excluding carboxylic acids is 2. The molecule has 0 aliphatic heterocycles. The highest BCUT2D eigenvalue weighted by Crippen LogP contribution is 2.24. The van der Waals surface area contributed by atoms with Gasteiger partial charge in [0.25, 0.3) is 5.91 Å². The number of ether oxygens (including phenoxy) is 1. The van der Waals surface area contributed by atoms with Gasteiger partial charge in [-0.3, -0.25) is 4.79 Å². The van der Waals surface area contributed by atoms with Crippen LogP contribution in [-0.2, 0) is 4.74 Å². The molecule has 1 N–H and O–H groups in total. The number of nitrogens with zero attached hydrogens (tertiary/aromatic N) is 2. The molecule has 2 aromatic heterocycles. The van der Waals surface area contributed by atoms with Crippen molar-refractivity contribution in [1.29, 1.82) is 0 Å². The van der Waals surface area contributed by atoms with E-state index in [1.807, 2.05) is 0 Å². The first-order chi connectivity index (χ1) is 9.52. The van der Waals surface area contributed by atoms with Gasteiger partial charge >= 0.3 is 5.97 Å². The van der Waals surface area contributed by atoms with Crippen molar-refractivity contribution in [2.24, 2.45) is 0 Å². The summed E-state index contributed by atoms with van der Waals surface area (Å²) in [6.45, 7) is 3.46. The number of anilines is 1. The van der Waals surface area contributed by atoms with Crippen LogP contribution in [0.15, 0.2) is 17.5 Å². The first kappa shape index (κ1) is 14.1. The quantitative estimate of drug-likeness (QED) is 0.877. The van der Waals surface area contributed by atoms with Crippen LogP contribution in [0.1, 0.15) is 31.4 Å². The largest absolute Gasteiger partial charge is 0.465 e. The monoisotopic (exact) mass is 291 g/mol. The molecule has 0 aromatic carbocycles. The minimum absolute atomic E-state index is 0.330. The lowest BCUT2D eigenvalue weighted by atomic mass is 10.2. The standard InChI is InChI=1S/C13H13N3O3S/c1-7-6-9(8(2)16-15-7)12(17)14-10-4-5-20-11(10)13(18)19-3/h4-6H,1-3H3,(H,14,17). The number of aryl methyl sites for hydroxylation is 2. The van der Waals surface area contributed by atoms with Gasteiger partial charge in [-0.1, -0.05) is 0 Å². The maximum atomic E-state index is 12.2. The van der Waals surface area contributed by atoms with Gasteiger partial charge < -0.3 is 10.1 Å². The van der Waals surface area contributed by atoms with Crippen molar-refractivity contribution in [2.75, 3.05) is 12.4 Å². The average molecular weight is 291 g/mol. The number of hydrogen-bond donors (Lipinski definition) is 1. The molecular weight excluding hydrogens is 278 g/mol. The molecule has 2 heterocycles. The van der Waals surface area contributed by atoms with Crippen LogP contribution in [0.4, 0.5) is 5.69 Å². The summed E-state index contributed by atoms with van der Waals surface area (Å²) >= 11 is 1.21. The maximum Gasteiger partial charge on any atom is 0.350 e. The van der Waals surface area contributed by atoms with E-state index in [2.05, 4.69) is 20.3 Å². The van der Waals surface area contributed by atoms with Crippen LogP contribution in [0.25, 0.3) is 0 Å². The zero-order valence-electron chi connectivity index (χ0n) is 11.3. The number of rotatable bonds is 3. The van der Waals surface area contributed by atoms with Crippen molar-refractivity contribution in [1.82, 2.24) is 10.2 Å². The second kappa shape index (κ2) is 5.79. The van der Waals surface area contributed by atoms with Crippen molar-refractivity contribution in [3.05, 3.63) is 39.3 Å². The van der Waals surface area contributed by atoms with E-state index >= 15 is 0 Å². The van der Waals surface area contributed by atoms with Gasteiger partial charge in [0.1, 0.15) is 4.88 Å². The summed E-state index contributed by atoms with van der Waals surface area (Å²) in [7, 11) is 1.30. The minimum Gasteiger partial charge on any atom is -0.465 e. The molecule has 0 fully saturated rings. The van der Waals surface area contributed by atoms with E-state index < -0.39 is 5.97 Å². The third-order valence-corrected chi connectivity index (χ3v) is 3.52. The molecule has 0 saturated carbocycles. The molecule has 0 spiro atoms. The lowest BCUT2D eigenvalue weighted by Gasteiger charge is -2.07. The number of carbonyl (C=O) groups is 2. The molecular formula is C13H13N3O3S. The second-order valence-electron chi connectivity index (χ2n) is 4.09. The molecule has 0 saturated heterocycles. The Kier molecular flexibility index (Phi) is 4.09. The zero-order valence-corrected chi connectivity index (χ0v) is 12.1. The molecule has 0 unspecified atom stereocenters. The molecule has 0 bridgehead atoms. The molecule has 6 nitrogen and oxygen atoms in total. The summed E-state index contributed by atoms with van der Waals surface area (Å²) in [5.74, 6) is -0.805. The average Bonchev–Trinajstić information content (AvgIpc) is 2.88. The summed E-state index contributed by atoms with van der Waals surface area (Å²) in [4.78, 5) is 24.1. The van der Waals surface area contributed by atoms with Crippen LogP contribution in [-0.4, -0.2) is 29.2 Å². The van der Waals surface area contributed by atoms with E-state index in [9.17, 15) is 9.59 Å². The van der Waals surface area contributed by atoms with Gasteiger partial charge in [-0.25, -0.2) is 4.79 Å². The molecule has 104 valence electrons. The fourth-order valence-corrected chi connectivity index (χ4v) is 2.39. The van der Waals surface area contributed by atoms with Crippen molar-refractivity contribution in [2.45, 2.75) is 13.8 Å². The molecule has 1 amide bonds. The van der Waals surface area contributed by atoms with Crippen molar-refractivity contribution >= 4 is 28.9 Å². The van der Waals surface area contributed by atoms with Gasteiger partial charge in [0.15, 0.2) is 0 Å². The predicted octanol–water partition coefficient (Wildman–Crippen LogP) is 2.19. The molecule has 20 heavy (non-hydrogen) atoms. The first-order valence-corrected chi connectivity index (χ1v) is 6.69. The first-order valence-electron chi connectivity index (χ1n) is 5.81. The normalized spacial score (nSPS) is 10.2. The Morgan fingerprint density at radius 2 is 2.05 bits per heavy atom. The smallest absolute Gasteiger partial charge is 0.350 e. The zero-order chi connectivity index (χ0) is 14.7. The van der Waals surface area contributed by atoms with Gasteiger partial charge in [0.2, 0.25) is 0 Å². The Morgan fingerprint density at radius 3 is 2.75 bits per heavy atom. The Bertz CT molecular complexity index is 667. The summed E-state index contributed by atoms with van der Waals surface area (Å²) < 4.78 is 4.66. The fourth-order valence-electron chi connectivity index (χ4n) is 1.63. The molecule has 0 aliphatic carbocycles. The predicted molar refractivity (Wildman–Crippen MR) is 75.1 cm³/mol. The van der Waals surface area contributed by atoms with Crippen molar-refractivity contribution < 1.29 is 14.3 Å². The maximum absolute atomic E-state index is 12.2. The summed E-state index contributed by atoms with van der Waals surface area (Å²) in [6.07, 6.45) is 0. The van der Waals surface area contributed by atoms with E-state index in [1.54, 1.807) is 31.4 Å². The number of hydrogen-bond acceptors (Lipinski definition) is 6. The molecule has 0 atom stereocenters. The summed E-state index contributed by atoms with van der Waals surface area (Å²) in [6, 6.07) is 3.31. The lowest BCUT2D eigenvalue weighted by Crippen LogP contribution is -2.16. The second-order valence-corrected chi connectivity index (χ2v) is 5.01. The topological polar surface area (TPSA) is 81.2 Å². The Hall–Kier alpha value is -2.28. The Balaban J connectivity index is 2.26. The van der Waals surface area contributed by atoms with Gasteiger partial charge in [-0.15, -0.1) is 11.3 Å². The molecule has 2 rings (SSSR count). The third kappa shape index (κ3) is 2.83. The Morgan fingerprint density at radius 1 is 1.30 bits per heavy atom. The summed E-state index contributed by atoms with van der Waals surface area (Å²) in [5, 5.41) is 12.2. The molecule has 7 heteroatoms. The van der Waals surface area contributed by atoms with Crippen LogP contribution in [0, 0.1) is 13.8 Å². The Labute approximate surface area is 119 Å². The molecule has 2 aromatic rings. The number of esters is 1. The number of aromatic nitrogens is 2. The minimum atomic E-state index is -0.476. The third-order valence-electron chi connectivity index (χ3n) is 2.63. The van der Waals surface area contributed by atoms with Crippen LogP contribution in [0.2, 0.25) is 0 Å². The molecule has 0 aliphatic rings. The van der Waals surface area contributed by atoms with E-state index in [0.29, 0.717) is 27.5 Å². The fraction of sp³-hybridized carbons (Fsp3) is 0.231. The van der Waals surface area contributed by atoms with Crippen molar-refractivity contribution in [3.8, 4) is 0 Å².